The second-order valence-electron chi connectivity index (χ2n) is 6.45. The Morgan fingerprint density at radius 1 is 1.16 bits per heavy atom. The third-order valence-electron chi connectivity index (χ3n) is 3.97. The molecule has 0 aliphatic carbocycles. The maximum absolute atomic E-state index is 12.8. The lowest BCUT2D eigenvalue weighted by molar-refractivity contribution is 0.0931. The van der Waals surface area contributed by atoms with E-state index in [0.717, 1.165) is 17.1 Å². The van der Waals surface area contributed by atoms with E-state index in [1.165, 1.54) is 4.88 Å². The van der Waals surface area contributed by atoms with Gasteiger partial charge in [0.1, 0.15) is 16.5 Å². The number of carbonyl (C=O) groups is 1. The number of hydrogen-bond acceptors (Lipinski definition) is 5. The molecule has 0 spiro atoms. The number of nitrogens with zero attached hydrogens (tertiary/aromatic N) is 1. The van der Waals surface area contributed by atoms with Gasteiger partial charge in [-0.15, -0.1) is 11.3 Å². The second-order valence-corrected chi connectivity index (χ2v) is 7.69. The van der Waals surface area contributed by atoms with Crippen molar-refractivity contribution in [3.63, 3.8) is 0 Å². The molecule has 6 heteroatoms. The quantitative estimate of drug-likeness (QED) is 0.798. The number of hydrogen-bond donors (Lipinski definition) is 1. The molecule has 0 radical (unpaired) electrons. The summed E-state index contributed by atoms with van der Waals surface area (Å²) < 4.78 is 10.5. The minimum atomic E-state index is -0.159. The van der Waals surface area contributed by atoms with E-state index in [1.807, 2.05) is 6.92 Å². The number of aryl methyl sites for hydroxylation is 2. The van der Waals surface area contributed by atoms with Crippen LogP contribution in [-0.2, 0) is 0 Å². The minimum Gasteiger partial charge on any atom is -0.497 e. The molecule has 1 aromatic carbocycles. The number of methoxy groups -OCH3 is 2. The molecule has 2 rings (SSSR count). The zero-order chi connectivity index (χ0) is 18.6. The van der Waals surface area contributed by atoms with Crippen molar-refractivity contribution in [1.29, 1.82) is 0 Å². The first-order valence-electron chi connectivity index (χ1n) is 8.31. The van der Waals surface area contributed by atoms with Gasteiger partial charge in [-0.25, -0.2) is 4.98 Å². The van der Waals surface area contributed by atoms with Crippen LogP contribution < -0.4 is 14.8 Å². The predicted octanol–water partition coefficient (Wildman–Crippen LogP) is 4.29. The number of benzene rings is 1. The normalized spacial score (nSPS) is 12.1. The molecule has 1 N–H and O–H groups in total. The molecule has 25 heavy (non-hydrogen) atoms. The van der Waals surface area contributed by atoms with Gasteiger partial charge in [-0.1, -0.05) is 13.8 Å². The van der Waals surface area contributed by atoms with Crippen molar-refractivity contribution in [1.82, 2.24) is 10.3 Å². The van der Waals surface area contributed by atoms with Crippen LogP contribution in [0, 0.1) is 19.8 Å². The van der Waals surface area contributed by atoms with Crippen LogP contribution in [0.3, 0.4) is 0 Å². The molecule has 1 unspecified atom stereocenters. The second kappa shape index (κ2) is 8.34. The summed E-state index contributed by atoms with van der Waals surface area (Å²) in [4.78, 5) is 18.6. The number of amides is 1. The van der Waals surface area contributed by atoms with Crippen LogP contribution in [0.2, 0.25) is 0 Å². The highest BCUT2D eigenvalue weighted by Gasteiger charge is 2.21. The molecule has 1 atom stereocenters. The van der Waals surface area contributed by atoms with Crippen molar-refractivity contribution in [2.75, 3.05) is 14.2 Å². The topological polar surface area (TPSA) is 60.5 Å². The van der Waals surface area contributed by atoms with Gasteiger partial charge < -0.3 is 14.8 Å². The molecular formula is C19H26N2O3S. The Bertz CT molecular complexity index is 699. The highest BCUT2D eigenvalue weighted by molar-refractivity contribution is 7.11. The van der Waals surface area contributed by atoms with Crippen LogP contribution in [0.15, 0.2) is 18.2 Å². The first-order valence-corrected chi connectivity index (χ1v) is 9.13. The maximum Gasteiger partial charge on any atom is 0.252 e. The van der Waals surface area contributed by atoms with E-state index in [9.17, 15) is 4.79 Å². The van der Waals surface area contributed by atoms with Crippen LogP contribution in [0.25, 0.3) is 0 Å². The molecule has 1 aromatic heterocycles. The van der Waals surface area contributed by atoms with Gasteiger partial charge >= 0.3 is 0 Å². The Morgan fingerprint density at radius 3 is 2.20 bits per heavy atom. The number of thiazole rings is 1. The number of aromatic nitrogens is 1. The van der Waals surface area contributed by atoms with E-state index < -0.39 is 0 Å². The Kier molecular flexibility index (Phi) is 6.42. The van der Waals surface area contributed by atoms with Crippen LogP contribution in [0.5, 0.6) is 11.5 Å². The average molecular weight is 362 g/mol. The molecule has 136 valence electrons. The van der Waals surface area contributed by atoms with Crippen molar-refractivity contribution in [2.45, 2.75) is 40.2 Å². The third-order valence-corrected chi connectivity index (χ3v) is 5.16. The standard InChI is InChI=1S/C19H26N2O3S/c1-11(2)7-17(19-20-12(3)13(4)25-19)21-18(22)14-8-15(23-5)10-16(9-14)24-6/h8-11,17H,7H2,1-6H3,(H,21,22). The van der Waals surface area contributed by atoms with Crippen LogP contribution in [0.4, 0.5) is 0 Å². The molecule has 0 fully saturated rings. The smallest absolute Gasteiger partial charge is 0.252 e. The van der Waals surface area contributed by atoms with Crippen molar-refractivity contribution in [3.05, 3.63) is 39.3 Å². The van der Waals surface area contributed by atoms with Crippen molar-refractivity contribution >= 4 is 17.2 Å². The summed E-state index contributed by atoms with van der Waals surface area (Å²) in [5, 5.41) is 4.07. The number of rotatable bonds is 7. The fourth-order valence-electron chi connectivity index (χ4n) is 2.52. The third kappa shape index (κ3) is 4.95. The molecule has 0 aliphatic heterocycles. The van der Waals surface area contributed by atoms with Gasteiger partial charge in [0.05, 0.1) is 26.0 Å². The van der Waals surface area contributed by atoms with E-state index in [-0.39, 0.29) is 11.9 Å². The zero-order valence-electron chi connectivity index (χ0n) is 15.7. The van der Waals surface area contributed by atoms with Gasteiger partial charge in [0.25, 0.3) is 5.91 Å². The average Bonchev–Trinajstić information content (AvgIpc) is 2.92. The van der Waals surface area contributed by atoms with Gasteiger partial charge in [0.2, 0.25) is 0 Å². The molecule has 0 saturated heterocycles. The van der Waals surface area contributed by atoms with Crippen molar-refractivity contribution in [3.8, 4) is 11.5 Å². The number of nitrogens with one attached hydrogen (secondary N) is 1. The molecule has 0 aliphatic rings. The first kappa shape index (κ1) is 19.2. The molecule has 0 bridgehead atoms. The predicted molar refractivity (Wildman–Crippen MR) is 101 cm³/mol. The summed E-state index contributed by atoms with van der Waals surface area (Å²) in [6.07, 6.45) is 0.833. The Labute approximate surface area is 153 Å². The molecule has 1 amide bonds. The van der Waals surface area contributed by atoms with Crippen molar-refractivity contribution < 1.29 is 14.3 Å². The van der Waals surface area contributed by atoms with E-state index >= 15 is 0 Å². The van der Waals surface area contributed by atoms with E-state index in [1.54, 1.807) is 43.8 Å². The number of carbonyl (C=O) groups excluding carboxylic acids is 1. The Balaban J connectivity index is 2.27. The van der Waals surface area contributed by atoms with Gasteiger partial charge in [0.15, 0.2) is 0 Å². The SMILES string of the molecule is COc1cc(OC)cc(C(=O)NC(CC(C)C)c2nc(C)c(C)s2)c1. The summed E-state index contributed by atoms with van der Waals surface area (Å²) >= 11 is 1.64. The van der Waals surface area contributed by atoms with Gasteiger partial charge in [-0.2, -0.15) is 0 Å². The molecule has 1 heterocycles. The minimum absolute atomic E-state index is 0.109. The molecule has 5 nitrogen and oxygen atoms in total. The highest BCUT2D eigenvalue weighted by atomic mass is 32.1. The monoisotopic (exact) mass is 362 g/mol. The van der Waals surface area contributed by atoms with Crippen LogP contribution in [-0.4, -0.2) is 25.1 Å². The summed E-state index contributed by atoms with van der Waals surface area (Å²) in [6, 6.07) is 5.06. The van der Waals surface area contributed by atoms with E-state index in [4.69, 9.17) is 9.47 Å². The summed E-state index contributed by atoms with van der Waals surface area (Å²) in [5.74, 6) is 1.46. The molecule has 0 saturated carbocycles. The fraction of sp³-hybridized carbons (Fsp3) is 0.474. The lowest BCUT2D eigenvalue weighted by Gasteiger charge is -2.19. The van der Waals surface area contributed by atoms with Gasteiger partial charge in [0, 0.05) is 16.5 Å². The maximum atomic E-state index is 12.8. The Hall–Kier alpha value is -2.08. The largest absolute Gasteiger partial charge is 0.497 e. The van der Waals surface area contributed by atoms with E-state index in [2.05, 4.69) is 31.1 Å². The van der Waals surface area contributed by atoms with Crippen molar-refractivity contribution in [2.24, 2.45) is 5.92 Å². The van der Waals surface area contributed by atoms with Crippen LogP contribution in [0.1, 0.15) is 52.2 Å². The summed E-state index contributed by atoms with van der Waals surface area (Å²) in [6.45, 7) is 8.33. The lowest BCUT2D eigenvalue weighted by Crippen LogP contribution is -2.29. The van der Waals surface area contributed by atoms with Gasteiger partial charge in [-0.05, 0) is 38.3 Å². The molecule has 2 aromatic rings. The fourth-order valence-corrected chi connectivity index (χ4v) is 3.51. The zero-order valence-corrected chi connectivity index (χ0v) is 16.5. The van der Waals surface area contributed by atoms with E-state index in [0.29, 0.717) is 23.0 Å². The number of ether oxygens (including phenoxy) is 2. The highest BCUT2D eigenvalue weighted by Crippen LogP contribution is 2.28. The van der Waals surface area contributed by atoms with Gasteiger partial charge in [-0.3, -0.25) is 4.79 Å². The molecular weight excluding hydrogens is 336 g/mol. The first-order chi connectivity index (χ1) is 11.8. The summed E-state index contributed by atoms with van der Waals surface area (Å²) in [7, 11) is 3.14. The van der Waals surface area contributed by atoms with Crippen LogP contribution >= 0.6 is 11.3 Å². The lowest BCUT2D eigenvalue weighted by atomic mass is 10.0. The Morgan fingerprint density at radius 2 is 1.76 bits per heavy atom. The summed E-state index contributed by atoms with van der Waals surface area (Å²) in [5.41, 5.74) is 1.53.